The summed E-state index contributed by atoms with van der Waals surface area (Å²) >= 11 is 1.86. The Hall–Kier alpha value is -0.260. The molecule has 0 saturated heterocycles. The molecule has 1 fully saturated rings. The minimum absolute atomic E-state index is 0.202. The molecular formula is C22H42O4S. The minimum atomic E-state index is -0.673. The molecule has 1 aliphatic rings. The molecule has 0 amide bonds. The highest BCUT2D eigenvalue weighted by Gasteiger charge is 2.34. The summed E-state index contributed by atoms with van der Waals surface area (Å²) in [5, 5.41) is 30.1. The number of thioether (sulfide) groups is 1. The third-order valence-corrected chi connectivity index (χ3v) is 7.64. The molecule has 0 aromatic carbocycles. The van der Waals surface area contributed by atoms with Gasteiger partial charge in [-0.1, -0.05) is 58.8 Å². The lowest BCUT2D eigenvalue weighted by molar-refractivity contribution is -0.142. The number of carboxylic acids is 1. The van der Waals surface area contributed by atoms with E-state index in [-0.39, 0.29) is 18.1 Å². The van der Waals surface area contributed by atoms with Crippen molar-refractivity contribution in [2.75, 3.05) is 5.75 Å². The quantitative estimate of drug-likeness (QED) is 0.307. The number of aliphatic hydroxyl groups excluding tert-OH is 2. The highest BCUT2D eigenvalue weighted by atomic mass is 32.2. The maximum Gasteiger partial charge on any atom is 0.306 e. The summed E-state index contributed by atoms with van der Waals surface area (Å²) in [6.07, 6.45) is 12.8. The summed E-state index contributed by atoms with van der Waals surface area (Å²) in [4.78, 5) is 11.1. The number of carboxylic acid groups (broad SMARTS) is 1. The molecule has 4 nitrogen and oxygen atoms in total. The van der Waals surface area contributed by atoms with Crippen molar-refractivity contribution in [2.45, 2.75) is 115 Å². The van der Waals surface area contributed by atoms with E-state index in [1.165, 1.54) is 19.3 Å². The Morgan fingerprint density at radius 2 is 1.74 bits per heavy atom. The number of hydrogen-bond donors (Lipinski definition) is 3. The van der Waals surface area contributed by atoms with Gasteiger partial charge >= 0.3 is 5.97 Å². The second-order valence-electron chi connectivity index (χ2n) is 8.26. The number of aliphatic hydroxyl groups is 2. The van der Waals surface area contributed by atoms with Crippen LogP contribution in [0.5, 0.6) is 0 Å². The van der Waals surface area contributed by atoms with Crippen molar-refractivity contribution in [1.82, 2.24) is 0 Å². The average molecular weight is 403 g/mol. The maximum absolute atomic E-state index is 11.1. The van der Waals surface area contributed by atoms with E-state index in [2.05, 4.69) is 6.92 Å². The Kier molecular flexibility index (Phi) is 13.5. The second-order valence-corrected chi connectivity index (χ2v) is 9.54. The zero-order valence-corrected chi connectivity index (χ0v) is 18.3. The Bertz CT molecular complexity index is 391. The predicted molar refractivity (Wildman–Crippen MR) is 114 cm³/mol. The zero-order valence-electron chi connectivity index (χ0n) is 17.4. The van der Waals surface area contributed by atoms with Crippen LogP contribution in [0, 0.1) is 11.8 Å². The molecule has 0 aromatic heterocycles. The minimum Gasteiger partial charge on any atom is -0.481 e. The molecule has 0 aromatic rings. The lowest BCUT2D eigenvalue weighted by atomic mass is 9.94. The van der Waals surface area contributed by atoms with Crippen molar-refractivity contribution in [3.8, 4) is 0 Å². The van der Waals surface area contributed by atoms with Crippen LogP contribution in [0.15, 0.2) is 0 Å². The standard InChI is InChI=1S/C22H42O4S/c1-3-5-6-9-12-18(23)16-27-21-15-14-20(24)19(21)13-10-7-8-11-17(4-2)22(25)26/h17-21,23-24H,3-16H2,1-2H3,(H,25,26). The predicted octanol–water partition coefficient (Wildman–Crippen LogP) is 5.25. The lowest BCUT2D eigenvalue weighted by Crippen LogP contribution is -2.22. The van der Waals surface area contributed by atoms with Gasteiger partial charge in [0.2, 0.25) is 0 Å². The summed E-state index contributed by atoms with van der Waals surface area (Å²) in [6, 6.07) is 0. The molecule has 0 radical (unpaired) electrons. The first-order valence-corrected chi connectivity index (χ1v) is 12.2. The third kappa shape index (κ3) is 10.2. The van der Waals surface area contributed by atoms with Crippen LogP contribution in [0.25, 0.3) is 0 Å². The van der Waals surface area contributed by atoms with Gasteiger partial charge in [-0.3, -0.25) is 4.79 Å². The van der Waals surface area contributed by atoms with E-state index in [0.717, 1.165) is 63.5 Å². The van der Waals surface area contributed by atoms with Crippen molar-refractivity contribution in [2.24, 2.45) is 11.8 Å². The first kappa shape index (κ1) is 24.8. The summed E-state index contributed by atoms with van der Waals surface area (Å²) in [6.45, 7) is 4.14. The summed E-state index contributed by atoms with van der Waals surface area (Å²) in [5.41, 5.74) is 0. The van der Waals surface area contributed by atoms with E-state index >= 15 is 0 Å². The molecular weight excluding hydrogens is 360 g/mol. The van der Waals surface area contributed by atoms with Gasteiger partial charge in [-0.25, -0.2) is 0 Å². The third-order valence-electron chi connectivity index (χ3n) is 6.04. The van der Waals surface area contributed by atoms with Gasteiger partial charge in [0, 0.05) is 11.0 Å². The van der Waals surface area contributed by atoms with Crippen molar-refractivity contribution in [1.29, 1.82) is 0 Å². The summed E-state index contributed by atoms with van der Waals surface area (Å²) in [5.74, 6) is 0.248. The molecule has 1 rings (SSSR count). The monoisotopic (exact) mass is 402 g/mol. The first-order chi connectivity index (χ1) is 13.0. The molecule has 5 heteroatoms. The van der Waals surface area contributed by atoms with Gasteiger partial charge in [-0.2, -0.15) is 11.8 Å². The van der Waals surface area contributed by atoms with Gasteiger partial charge in [0.1, 0.15) is 0 Å². The fourth-order valence-electron chi connectivity index (χ4n) is 4.17. The van der Waals surface area contributed by atoms with Crippen molar-refractivity contribution < 1.29 is 20.1 Å². The van der Waals surface area contributed by atoms with E-state index in [0.29, 0.717) is 17.6 Å². The first-order valence-electron chi connectivity index (χ1n) is 11.2. The SMILES string of the molecule is CCCCCCC(O)CSC1CCC(O)C1CCCCCC(CC)C(=O)O. The van der Waals surface area contributed by atoms with Crippen LogP contribution < -0.4 is 0 Å². The molecule has 27 heavy (non-hydrogen) atoms. The van der Waals surface area contributed by atoms with Gasteiger partial charge in [-0.05, 0) is 44.4 Å². The molecule has 0 aliphatic heterocycles. The fourth-order valence-corrected chi connectivity index (χ4v) is 5.67. The van der Waals surface area contributed by atoms with Crippen LogP contribution in [0.1, 0.15) is 97.3 Å². The van der Waals surface area contributed by atoms with E-state index in [9.17, 15) is 15.0 Å². The lowest BCUT2D eigenvalue weighted by Gasteiger charge is -2.23. The maximum atomic E-state index is 11.1. The van der Waals surface area contributed by atoms with E-state index in [1.807, 2.05) is 18.7 Å². The Morgan fingerprint density at radius 1 is 1.04 bits per heavy atom. The number of rotatable bonds is 16. The Morgan fingerprint density at radius 3 is 2.41 bits per heavy atom. The number of aliphatic carboxylic acids is 1. The topological polar surface area (TPSA) is 77.8 Å². The highest BCUT2D eigenvalue weighted by molar-refractivity contribution is 7.99. The second kappa shape index (κ2) is 14.7. The van der Waals surface area contributed by atoms with Crippen molar-refractivity contribution in [3.05, 3.63) is 0 Å². The van der Waals surface area contributed by atoms with Crippen molar-refractivity contribution in [3.63, 3.8) is 0 Å². The highest BCUT2D eigenvalue weighted by Crippen LogP contribution is 2.39. The van der Waals surface area contributed by atoms with Crippen LogP contribution in [-0.4, -0.2) is 44.5 Å². The van der Waals surface area contributed by atoms with Crippen LogP contribution in [0.4, 0.5) is 0 Å². The molecule has 0 heterocycles. The molecule has 160 valence electrons. The largest absolute Gasteiger partial charge is 0.481 e. The van der Waals surface area contributed by atoms with E-state index in [4.69, 9.17) is 5.11 Å². The molecule has 3 N–H and O–H groups in total. The molecule has 1 saturated carbocycles. The average Bonchev–Trinajstić information content (AvgIpc) is 2.99. The van der Waals surface area contributed by atoms with Crippen LogP contribution in [-0.2, 0) is 4.79 Å². The molecule has 1 aliphatic carbocycles. The van der Waals surface area contributed by atoms with Gasteiger partial charge < -0.3 is 15.3 Å². The van der Waals surface area contributed by atoms with E-state index in [1.54, 1.807) is 0 Å². The Labute approximate surface area is 170 Å². The summed E-state index contributed by atoms with van der Waals surface area (Å²) in [7, 11) is 0. The van der Waals surface area contributed by atoms with Crippen LogP contribution >= 0.6 is 11.8 Å². The van der Waals surface area contributed by atoms with Gasteiger partial charge in [0.05, 0.1) is 18.1 Å². The zero-order chi connectivity index (χ0) is 20.1. The molecule has 0 bridgehead atoms. The number of unbranched alkanes of at least 4 members (excludes halogenated alkanes) is 5. The van der Waals surface area contributed by atoms with Gasteiger partial charge in [-0.15, -0.1) is 0 Å². The summed E-state index contributed by atoms with van der Waals surface area (Å²) < 4.78 is 0. The fraction of sp³-hybridized carbons (Fsp3) is 0.955. The molecule has 5 unspecified atom stereocenters. The smallest absolute Gasteiger partial charge is 0.306 e. The van der Waals surface area contributed by atoms with Crippen LogP contribution in [0.2, 0.25) is 0 Å². The van der Waals surface area contributed by atoms with Gasteiger partial charge in [0.15, 0.2) is 0 Å². The molecule has 0 spiro atoms. The molecule has 5 atom stereocenters. The Balaban J connectivity index is 2.21. The van der Waals surface area contributed by atoms with E-state index < -0.39 is 5.97 Å². The van der Waals surface area contributed by atoms with Crippen LogP contribution in [0.3, 0.4) is 0 Å². The van der Waals surface area contributed by atoms with Gasteiger partial charge in [0.25, 0.3) is 0 Å². The van der Waals surface area contributed by atoms with Crippen molar-refractivity contribution >= 4 is 17.7 Å². The number of hydrogen-bond acceptors (Lipinski definition) is 4. The number of carbonyl (C=O) groups is 1. The normalized spacial score (nSPS) is 24.8.